The van der Waals surface area contributed by atoms with Crippen LogP contribution in [0.5, 0.6) is 0 Å². The average molecular weight is 332 g/mol. The van der Waals surface area contributed by atoms with Gasteiger partial charge in [0.1, 0.15) is 11.6 Å². The minimum atomic E-state index is -1.16. The Morgan fingerprint density at radius 2 is 2.00 bits per heavy atom. The number of amidine groups is 1. The number of rotatable bonds is 9. The highest BCUT2D eigenvalue weighted by atomic mass is 16.6. The number of aliphatic imine (C=N–C) groups is 1. The Kier molecular flexibility index (Phi) is 8.59. The van der Waals surface area contributed by atoms with Crippen LogP contribution in [0.4, 0.5) is 4.79 Å². The van der Waals surface area contributed by atoms with Crippen LogP contribution in [0.25, 0.3) is 0 Å². The van der Waals surface area contributed by atoms with E-state index < -0.39 is 35.2 Å². The molecule has 23 heavy (non-hydrogen) atoms. The molecule has 1 unspecified atom stereocenters. The monoisotopic (exact) mass is 332 g/mol. The normalized spacial score (nSPS) is 13.3. The second kappa shape index (κ2) is 9.59. The lowest BCUT2D eigenvalue weighted by Crippen LogP contribution is -2.43. The molecule has 4 N–H and O–H groups in total. The van der Waals surface area contributed by atoms with Crippen LogP contribution < -0.4 is 11.1 Å². The molecule has 0 aliphatic heterocycles. The molecule has 0 aromatic heterocycles. The molecule has 0 aromatic carbocycles. The fourth-order valence-corrected chi connectivity index (χ4v) is 1.57. The SMILES string of the molecule is CC(C)(C)OC(=O)NC(CCCCN=C(N)C[N+](=O)[O-])C(=O)O. The lowest BCUT2D eigenvalue weighted by atomic mass is 10.1. The van der Waals surface area contributed by atoms with Crippen LogP contribution in [-0.4, -0.2) is 52.7 Å². The zero-order chi connectivity index (χ0) is 18.0. The summed E-state index contributed by atoms with van der Waals surface area (Å²) in [5.41, 5.74) is 4.62. The number of nitro groups is 1. The van der Waals surface area contributed by atoms with Crippen LogP contribution >= 0.6 is 0 Å². The maximum Gasteiger partial charge on any atom is 0.408 e. The highest BCUT2D eigenvalue weighted by Crippen LogP contribution is 2.08. The number of nitrogens with two attached hydrogens (primary N) is 1. The Hall–Kier alpha value is -2.39. The van der Waals surface area contributed by atoms with Gasteiger partial charge in [-0.05, 0) is 40.0 Å². The number of carbonyl (C=O) groups excluding carboxylic acids is 1. The minimum absolute atomic E-state index is 0.0725. The summed E-state index contributed by atoms with van der Waals surface area (Å²) in [7, 11) is 0. The van der Waals surface area contributed by atoms with Gasteiger partial charge in [0.2, 0.25) is 0 Å². The summed E-state index contributed by atoms with van der Waals surface area (Å²) in [4.78, 5) is 36.1. The van der Waals surface area contributed by atoms with Crippen LogP contribution in [0.3, 0.4) is 0 Å². The van der Waals surface area contributed by atoms with Gasteiger partial charge in [0.15, 0.2) is 5.84 Å². The van der Waals surface area contributed by atoms with Gasteiger partial charge in [-0.1, -0.05) is 0 Å². The summed E-state index contributed by atoms with van der Waals surface area (Å²) in [6.07, 6.45) is 0.359. The Morgan fingerprint density at radius 1 is 1.39 bits per heavy atom. The van der Waals surface area contributed by atoms with Crippen molar-refractivity contribution in [2.24, 2.45) is 10.7 Å². The van der Waals surface area contributed by atoms with Gasteiger partial charge in [0, 0.05) is 11.5 Å². The average Bonchev–Trinajstić information content (AvgIpc) is 2.33. The van der Waals surface area contributed by atoms with E-state index in [0.29, 0.717) is 12.8 Å². The fourth-order valence-electron chi connectivity index (χ4n) is 1.57. The largest absolute Gasteiger partial charge is 0.480 e. The third kappa shape index (κ3) is 11.9. The van der Waals surface area contributed by atoms with E-state index in [-0.39, 0.29) is 18.8 Å². The quantitative estimate of drug-likeness (QED) is 0.185. The number of carboxylic acids is 1. The van der Waals surface area contributed by atoms with Crippen LogP contribution in [-0.2, 0) is 9.53 Å². The summed E-state index contributed by atoms with van der Waals surface area (Å²) < 4.78 is 5.00. The molecule has 0 aliphatic rings. The van der Waals surface area contributed by atoms with Crippen LogP contribution in [0, 0.1) is 10.1 Å². The van der Waals surface area contributed by atoms with Crippen LogP contribution in [0.1, 0.15) is 40.0 Å². The predicted molar refractivity (Wildman–Crippen MR) is 83.0 cm³/mol. The van der Waals surface area contributed by atoms with E-state index in [9.17, 15) is 19.7 Å². The lowest BCUT2D eigenvalue weighted by Gasteiger charge is -2.21. The van der Waals surface area contributed by atoms with Crippen molar-refractivity contribution >= 4 is 17.9 Å². The van der Waals surface area contributed by atoms with Crippen molar-refractivity contribution in [3.63, 3.8) is 0 Å². The third-order valence-electron chi connectivity index (χ3n) is 2.50. The smallest absolute Gasteiger partial charge is 0.408 e. The van der Waals surface area contributed by atoms with E-state index in [1.54, 1.807) is 20.8 Å². The molecule has 0 fully saturated rings. The number of alkyl carbamates (subject to hydrolysis) is 1. The van der Waals surface area contributed by atoms with Gasteiger partial charge in [-0.25, -0.2) is 9.59 Å². The Morgan fingerprint density at radius 3 is 2.48 bits per heavy atom. The van der Waals surface area contributed by atoms with E-state index >= 15 is 0 Å². The van der Waals surface area contributed by atoms with Crippen molar-refractivity contribution in [1.29, 1.82) is 0 Å². The Balaban J connectivity index is 4.18. The molecule has 0 aromatic rings. The number of unbranched alkanes of at least 4 members (excludes halogenated alkanes) is 1. The fraction of sp³-hybridized carbons (Fsp3) is 0.769. The first-order valence-electron chi connectivity index (χ1n) is 7.14. The lowest BCUT2D eigenvalue weighted by molar-refractivity contribution is -0.463. The molecule has 0 spiro atoms. The minimum Gasteiger partial charge on any atom is -0.480 e. The highest BCUT2D eigenvalue weighted by Gasteiger charge is 2.23. The Bertz CT molecular complexity index is 458. The van der Waals surface area contributed by atoms with Crippen molar-refractivity contribution in [3.05, 3.63) is 10.1 Å². The maximum absolute atomic E-state index is 11.6. The topological polar surface area (TPSA) is 157 Å². The molecule has 10 nitrogen and oxygen atoms in total. The molecule has 0 aliphatic carbocycles. The first kappa shape index (κ1) is 20.6. The maximum atomic E-state index is 11.6. The van der Waals surface area contributed by atoms with E-state index in [4.69, 9.17) is 15.6 Å². The van der Waals surface area contributed by atoms with Gasteiger partial charge in [0.05, 0.1) is 0 Å². The molecule has 1 atom stereocenters. The summed E-state index contributed by atoms with van der Waals surface area (Å²) in [5.74, 6) is -1.23. The van der Waals surface area contributed by atoms with Crippen molar-refractivity contribution in [3.8, 4) is 0 Å². The first-order valence-corrected chi connectivity index (χ1v) is 7.14. The number of amides is 1. The number of hydrogen-bond acceptors (Lipinski definition) is 6. The van der Waals surface area contributed by atoms with Crippen LogP contribution in [0.2, 0.25) is 0 Å². The summed E-state index contributed by atoms with van der Waals surface area (Å²) in [6, 6.07) is -1.06. The molecule has 0 radical (unpaired) electrons. The molecular weight excluding hydrogens is 308 g/mol. The van der Waals surface area contributed by atoms with Gasteiger partial charge in [-0.3, -0.25) is 15.1 Å². The number of aliphatic carboxylic acids is 1. The zero-order valence-corrected chi connectivity index (χ0v) is 13.6. The van der Waals surface area contributed by atoms with Gasteiger partial charge < -0.3 is 20.9 Å². The second-order valence-corrected chi connectivity index (χ2v) is 5.90. The van der Waals surface area contributed by atoms with E-state index in [0.717, 1.165) is 0 Å². The summed E-state index contributed by atoms with van der Waals surface area (Å²) >= 11 is 0. The molecule has 0 heterocycles. The number of carboxylic acid groups (broad SMARTS) is 1. The van der Waals surface area contributed by atoms with Gasteiger partial charge in [-0.2, -0.15) is 0 Å². The summed E-state index contributed by atoms with van der Waals surface area (Å²) in [6.45, 7) is 4.78. The number of nitrogens with one attached hydrogen (secondary N) is 1. The van der Waals surface area contributed by atoms with E-state index in [1.165, 1.54) is 0 Å². The highest BCUT2D eigenvalue weighted by molar-refractivity contribution is 5.81. The van der Waals surface area contributed by atoms with E-state index in [1.807, 2.05) is 0 Å². The van der Waals surface area contributed by atoms with Gasteiger partial charge >= 0.3 is 12.1 Å². The molecule has 10 heteroatoms. The number of hydrogen-bond donors (Lipinski definition) is 3. The predicted octanol–water partition coefficient (Wildman–Crippen LogP) is 0.769. The molecular formula is C13H24N4O6. The number of nitrogens with zero attached hydrogens (tertiary/aromatic N) is 2. The Labute approximate surface area is 134 Å². The molecule has 0 saturated heterocycles. The van der Waals surface area contributed by atoms with Crippen LogP contribution in [0.15, 0.2) is 4.99 Å². The zero-order valence-electron chi connectivity index (χ0n) is 13.6. The molecule has 1 amide bonds. The molecule has 0 bridgehead atoms. The van der Waals surface area contributed by atoms with E-state index in [2.05, 4.69) is 10.3 Å². The first-order chi connectivity index (χ1) is 10.5. The molecule has 0 rings (SSSR count). The standard InChI is InChI=1S/C13H24N4O6/c1-13(2,3)23-12(20)16-9(11(18)19)6-4-5-7-15-10(14)8-17(21)22/h9H,4-8H2,1-3H3,(H2,14,15)(H,16,20)(H,18,19). The molecule has 0 saturated carbocycles. The van der Waals surface area contributed by atoms with Gasteiger partial charge in [-0.15, -0.1) is 0 Å². The van der Waals surface area contributed by atoms with Crippen molar-refractivity contribution in [1.82, 2.24) is 5.32 Å². The van der Waals surface area contributed by atoms with Gasteiger partial charge in [0.25, 0.3) is 6.54 Å². The third-order valence-corrected chi connectivity index (χ3v) is 2.50. The second-order valence-electron chi connectivity index (χ2n) is 5.90. The molecule has 132 valence electrons. The number of carbonyl (C=O) groups is 2. The van der Waals surface area contributed by atoms with Crippen molar-refractivity contribution in [2.45, 2.75) is 51.7 Å². The number of ether oxygens (including phenoxy) is 1. The van der Waals surface area contributed by atoms with Crippen molar-refractivity contribution < 1.29 is 24.4 Å². The van der Waals surface area contributed by atoms with Crippen molar-refractivity contribution in [2.75, 3.05) is 13.1 Å². The summed E-state index contributed by atoms with van der Waals surface area (Å²) in [5, 5.41) is 21.6.